The Morgan fingerprint density at radius 1 is 0.704 bits per heavy atom. The molecule has 0 spiro atoms. The van der Waals surface area contributed by atoms with Gasteiger partial charge in [0.15, 0.2) is 5.82 Å². The summed E-state index contributed by atoms with van der Waals surface area (Å²) in [6.45, 7) is 1.91. The Morgan fingerprint density at radius 3 is 2.00 bits per heavy atom. The first-order chi connectivity index (χ1) is 13.3. The summed E-state index contributed by atoms with van der Waals surface area (Å²) >= 11 is 0. The second-order valence-electron chi connectivity index (χ2n) is 6.74. The maximum absolute atomic E-state index is 6.03. The van der Waals surface area contributed by atoms with Crippen molar-refractivity contribution in [3.8, 4) is 5.82 Å². The fourth-order valence-corrected chi connectivity index (χ4v) is 4.02. The zero-order valence-corrected chi connectivity index (χ0v) is 14.7. The van der Waals surface area contributed by atoms with Gasteiger partial charge in [-0.2, -0.15) is 4.98 Å². The van der Waals surface area contributed by atoms with Gasteiger partial charge in [-0.1, -0.05) is 54.6 Å². The molecule has 6 aromatic rings. The van der Waals surface area contributed by atoms with E-state index in [9.17, 15) is 0 Å². The molecule has 0 radical (unpaired) electrons. The molecule has 3 aromatic heterocycles. The van der Waals surface area contributed by atoms with Gasteiger partial charge in [0, 0.05) is 16.2 Å². The summed E-state index contributed by atoms with van der Waals surface area (Å²) in [5.74, 6) is 1.55. The summed E-state index contributed by atoms with van der Waals surface area (Å²) in [5, 5.41) is 4.41. The quantitative estimate of drug-likeness (QED) is 0.378. The third-order valence-electron chi connectivity index (χ3n) is 5.12. The Labute approximate surface area is 154 Å². The molecule has 0 saturated carbocycles. The molecule has 0 amide bonds. The molecule has 0 aliphatic heterocycles. The van der Waals surface area contributed by atoms with Crippen molar-refractivity contribution in [2.75, 3.05) is 0 Å². The number of hydrogen-bond acceptors (Lipinski definition) is 3. The molecule has 4 heteroatoms. The van der Waals surface area contributed by atoms with Crippen molar-refractivity contribution in [2.45, 2.75) is 6.92 Å². The summed E-state index contributed by atoms with van der Waals surface area (Å²) in [7, 11) is 0. The molecule has 128 valence electrons. The van der Waals surface area contributed by atoms with E-state index in [-0.39, 0.29) is 0 Å². The van der Waals surface area contributed by atoms with Gasteiger partial charge in [0.1, 0.15) is 11.4 Å². The predicted molar refractivity (Wildman–Crippen MR) is 108 cm³/mol. The lowest BCUT2D eigenvalue weighted by molar-refractivity contribution is 0.650. The first-order valence-corrected chi connectivity index (χ1v) is 8.96. The van der Waals surface area contributed by atoms with E-state index in [0.717, 1.165) is 33.2 Å². The SMILES string of the molecule is Cc1nc(-n2c3ccccc3c3ccccc32)c2c(n1)oc1ccccc12. The highest BCUT2D eigenvalue weighted by molar-refractivity contribution is 6.13. The minimum Gasteiger partial charge on any atom is -0.437 e. The van der Waals surface area contributed by atoms with Crippen molar-refractivity contribution < 1.29 is 4.42 Å². The second kappa shape index (κ2) is 5.17. The van der Waals surface area contributed by atoms with Crippen LogP contribution in [0.5, 0.6) is 0 Å². The van der Waals surface area contributed by atoms with Gasteiger partial charge in [0.25, 0.3) is 0 Å². The third kappa shape index (κ3) is 1.92. The van der Waals surface area contributed by atoms with E-state index >= 15 is 0 Å². The molecule has 4 nitrogen and oxygen atoms in total. The van der Waals surface area contributed by atoms with Crippen molar-refractivity contribution in [2.24, 2.45) is 0 Å². The highest BCUT2D eigenvalue weighted by Gasteiger charge is 2.19. The van der Waals surface area contributed by atoms with Crippen LogP contribution in [0.2, 0.25) is 0 Å². The molecule has 6 rings (SSSR count). The number of para-hydroxylation sites is 3. The van der Waals surface area contributed by atoms with Crippen LogP contribution in [0.4, 0.5) is 0 Å². The number of aryl methyl sites for hydroxylation is 1. The highest BCUT2D eigenvalue weighted by atomic mass is 16.3. The molecule has 0 fully saturated rings. The first-order valence-electron chi connectivity index (χ1n) is 8.96. The summed E-state index contributed by atoms with van der Waals surface area (Å²) < 4.78 is 8.26. The molecule has 0 unspecified atom stereocenters. The molecule has 27 heavy (non-hydrogen) atoms. The molecule has 3 aromatic carbocycles. The van der Waals surface area contributed by atoms with Crippen LogP contribution in [0.15, 0.2) is 77.2 Å². The monoisotopic (exact) mass is 349 g/mol. The van der Waals surface area contributed by atoms with E-state index in [4.69, 9.17) is 9.40 Å². The Balaban J connectivity index is 1.89. The number of benzene rings is 3. The third-order valence-corrected chi connectivity index (χ3v) is 5.12. The summed E-state index contributed by atoms with van der Waals surface area (Å²) in [5.41, 5.74) is 3.71. The van der Waals surface area contributed by atoms with Crippen LogP contribution in [0.1, 0.15) is 5.82 Å². The number of fused-ring (bicyclic) bond motifs is 6. The second-order valence-corrected chi connectivity index (χ2v) is 6.74. The smallest absolute Gasteiger partial charge is 0.232 e. The number of furan rings is 1. The number of rotatable bonds is 1. The molecular weight excluding hydrogens is 334 g/mol. The summed E-state index contributed by atoms with van der Waals surface area (Å²) in [6, 6.07) is 24.9. The van der Waals surface area contributed by atoms with Gasteiger partial charge in [-0.3, -0.25) is 4.57 Å². The van der Waals surface area contributed by atoms with Crippen LogP contribution in [-0.2, 0) is 0 Å². The topological polar surface area (TPSA) is 43.9 Å². The van der Waals surface area contributed by atoms with Crippen LogP contribution in [0.3, 0.4) is 0 Å². The van der Waals surface area contributed by atoms with Crippen LogP contribution in [0.25, 0.3) is 49.7 Å². The van der Waals surface area contributed by atoms with Gasteiger partial charge in [0.05, 0.1) is 16.4 Å². The fraction of sp³-hybridized carbons (Fsp3) is 0.0435. The molecule has 0 aliphatic carbocycles. The van der Waals surface area contributed by atoms with Crippen molar-refractivity contribution in [3.05, 3.63) is 78.6 Å². The highest BCUT2D eigenvalue weighted by Crippen LogP contribution is 2.36. The van der Waals surface area contributed by atoms with Gasteiger partial charge in [-0.05, 0) is 25.1 Å². The number of hydrogen-bond donors (Lipinski definition) is 0. The molecule has 0 atom stereocenters. The number of nitrogens with zero attached hydrogens (tertiary/aromatic N) is 3. The average Bonchev–Trinajstić information content (AvgIpc) is 3.23. The van der Waals surface area contributed by atoms with E-state index in [2.05, 4.69) is 64.1 Å². The fourth-order valence-electron chi connectivity index (χ4n) is 4.02. The minimum absolute atomic E-state index is 0.626. The van der Waals surface area contributed by atoms with E-state index in [1.165, 1.54) is 10.8 Å². The Morgan fingerprint density at radius 2 is 1.30 bits per heavy atom. The van der Waals surface area contributed by atoms with E-state index in [1.807, 2.05) is 25.1 Å². The molecule has 0 N–H and O–H groups in total. The van der Waals surface area contributed by atoms with Gasteiger partial charge in [0.2, 0.25) is 5.71 Å². The predicted octanol–water partition coefficient (Wildman–Crippen LogP) is 5.78. The van der Waals surface area contributed by atoms with Crippen LogP contribution >= 0.6 is 0 Å². The van der Waals surface area contributed by atoms with Gasteiger partial charge in [-0.25, -0.2) is 4.98 Å². The van der Waals surface area contributed by atoms with Gasteiger partial charge >= 0.3 is 0 Å². The Hall–Kier alpha value is -3.66. The lowest BCUT2D eigenvalue weighted by atomic mass is 10.2. The van der Waals surface area contributed by atoms with Crippen molar-refractivity contribution in [1.29, 1.82) is 0 Å². The van der Waals surface area contributed by atoms with Crippen LogP contribution in [0, 0.1) is 6.92 Å². The standard InChI is InChI=1S/C23H15N3O/c1-14-24-22(21-17-10-4-7-13-20(17)27-23(21)25-14)26-18-11-5-2-8-15(18)16-9-3-6-12-19(16)26/h2-13H,1H3. The maximum Gasteiger partial charge on any atom is 0.232 e. The zero-order valence-electron chi connectivity index (χ0n) is 14.7. The average molecular weight is 349 g/mol. The van der Waals surface area contributed by atoms with Crippen molar-refractivity contribution >= 4 is 43.9 Å². The lowest BCUT2D eigenvalue weighted by Crippen LogP contribution is -2.01. The first kappa shape index (κ1) is 14.5. The molecule has 0 saturated heterocycles. The summed E-state index contributed by atoms with van der Waals surface area (Å²) in [4.78, 5) is 9.41. The summed E-state index contributed by atoms with van der Waals surface area (Å²) in [6.07, 6.45) is 0. The normalized spacial score (nSPS) is 11.9. The van der Waals surface area contributed by atoms with Crippen molar-refractivity contribution in [1.82, 2.24) is 14.5 Å². The Kier molecular flexibility index (Phi) is 2.78. The maximum atomic E-state index is 6.03. The van der Waals surface area contributed by atoms with Crippen LogP contribution in [-0.4, -0.2) is 14.5 Å². The minimum atomic E-state index is 0.626. The molecule has 0 bridgehead atoms. The molecular formula is C23H15N3O. The Bertz CT molecular complexity index is 1440. The van der Waals surface area contributed by atoms with E-state index in [0.29, 0.717) is 11.5 Å². The number of aromatic nitrogens is 3. The van der Waals surface area contributed by atoms with Crippen LogP contribution < -0.4 is 0 Å². The molecule has 0 aliphatic rings. The van der Waals surface area contributed by atoms with Gasteiger partial charge in [-0.15, -0.1) is 0 Å². The van der Waals surface area contributed by atoms with Crippen molar-refractivity contribution in [3.63, 3.8) is 0 Å². The largest absolute Gasteiger partial charge is 0.437 e. The molecule has 3 heterocycles. The zero-order chi connectivity index (χ0) is 18.0. The van der Waals surface area contributed by atoms with E-state index in [1.54, 1.807) is 0 Å². The van der Waals surface area contributed by atoms with E-state index < -0.39 is 0 Å². The lowest BCUT2D eigenvalue weighted by Gasteiger charge is -2.09. The van der Waals surface area contributed by atoms with Gasteiger partial charge < -0.3 is 4.42 Å².